The molecule has 0 aliphatic carbocycles. The summed E-state index contributed by atoms with van der Waals surface area (Å²) < 4.78 is 11.6. The number of thiazole rings is 1. The van der Waals surface area contributed by atoms with Crippen LogP contribution in [-0.4, -0.2) is 17.8 Å². The zero-order chi connectivity index (χ0) is 14.2. The van der Waals surface area contributed by atoms with Crippen LogP contribution in [0.15, 0.2) is 29.6 Å². The third-order valence-electron chi connectivity index (χ3n) is 2.86. The Morgan fingerprint density at radius 1 is 1.24 bits per heavy atom. The second-order valence-electron chi connectivity index (χ2n) is 4.25. The van der Waals surface area contributed by atoms with Gasteiger partial charge in [-0.25, -0.2) is 9.78 Å². The van der Waals surface area contributed by atoms with E-state index in [1.165, 1.54) is 22.7 Å². The van der Waals surface area contributed by atoms with E-state index in [0.29, 0.717) is 16.6 Å². The summed E-state index contributed by atoms with van der Waals surface area (Å²) in [5, 5.41) is 8.69. The molecule has 1 aromatic carbocycles. The van der Waals surface area contributed by atoms with Crippen molar-refractivity contribution in [2.24, 2.45) is 0 Å². The summed E-state index contributed by atoms with van der Waals surface area (Å²) in [5.74, 6) is 1.39. The molecule has 106 valence electrons. The molecule has 2 amide bonds. The summed E-state index contributed by atoms with van der Waals surface area (Å²) in [7, 11) is 0. The predicted molar refractivity (Wildman–Crippen MR) is 82.7 cm³/mol. The third kappa shape index (κ3) is 2.39. The predicted octanol–water partition coefficient (Wildman–Crippen LogP) is 3.73. The van der Waals surface area contributed by atoms with E-state index in [1.54, 1.807) is 0 Å². The van der Waals surface area contributed by atoms with Crippen LogP contribution >= 0.6 is 22.7 Å². The second kappa shape index (κ2) is 4.90. The van der Waals surface area contributed by atoms with Gasteiger partial charge in [-0.05, 0) is 17.5 Å². The van der Waals surface area contributed by atoms with E-state index in [9.17, 15) is 4.79 Å². The van der Waals surface area contributed by atoms with Gasteiger partial charge >= 0.3 is 6.03 Å². The first-order valence-corrected chi connectivity index (χ1v) is 7.79. The van der Waals surface area contributed by atoms with Crippen molar-refractivity contribution in [3.8, 4) is 11.5 Å². The number of aromatic nitrogens is 1. The topological polar surface area (TPSA) is 72.5 Å². The first kappa shape index (κ1) is 12.4. The maximum atomic E-state index is 11.9. The number of hydrogen-bond acceptors (Lipinski definition) is 6. The van der Waals surface area contributed by atoms with Gasteiger partial charge < -0.3 is 9.47 Å². The molecule has 0 bridgehead atoms. The zero-order valence-electron chi connectivity index (χ0n) is 10.6. The van der Waals surface area contributed by atoms with Crippen molar-refractivity contribution in [1.29, 1.82) is 0 Å². The zero-order valence-corrected chi connectivity index (χ0v) is 12.2. The number of hydrogen-bond donors (Lipinski definition) is 2. The Labute approximate surface area is 127 Å². The highest BCUT2D eigenvalue weighted by Crippen LogP contribution is 2.38. The summed E-state index contributed by atoms with van der Waals surface area (Å²) in [5.41, 5.74) is 0.774. The standard InChI is InChI=1S/C13H9N3O3S2/c17-12(15-11-2-1-3-20-11)16-13-14-7-4-8-9(19-6-18-8)5-10(7)21-13/h1-5H,6H2,(H2,14,15,16,17). The first-order chi connectivity index (χ1) is 10.3. The quantitative estimate of drug-likeness (QED) is 0.755. The Balaban J connectivity index is 1.55. The van der Waals surface area contributed by atoms with Crippen LogP contribution in [0.2, 0.25) is 0 Å². The summed E-state index contributed by atoms with van der Waals surface area (Å²) in [6, 6.07) is 7.09. The van der Waals surface area contributed by atoms with Crippen LogP contribution in [0.5, 0.6) is 11.5 Å². The van der Waals surface area contributed by atoms with Crippen LogP contribution in [0, 0.1) is 0 Å². The summed E-state index contributed by atoms with van der Waals surface area (Å²) in [4.78, 5) is 16.2. The lowest BCUT2D eigenvalue weighted by Crippen LogP contribution is -2.18. The molecule has 0 saturated heterocycles. The average molecular weight is 319 g/mol. The van der Waals surface area contributed by atoms with Gasteiger partial charge in [0, 0.05) is 12.1 Å². The Bertz CT molecular complexity index is 773. The fourth-order valence-electron chi connectivity index (χ4n) is 1.96. The van der Waals surface area contributed by atoms with E-state index in [1.807, 2.05) is 29.6 Å². The molecule has 21 heavy (non-hydrogen) atoms. The average Bonchev–Trinajstić information content (AvgIpc) is 3.14. The largest absolute Gasteiger partial charge is 0.454 e. The molecule has 6 nitrogen and oxygen atoms in total. The van der Waals surface area contributed by atoms with Crippen LogP contribution in [0.4, 0.5) is 14.9 Å². The number of carbonyl (C=O) groups excluding carboxylic acids is 1. The Morgan fingerprint density at radius 3 is 2.90 bits per heavy atom. The number of fused-ring (bicyclic) bond motifs is 2. The molecule has 8 heteroatoms. The van der Waals surface area contributed by atoms with Gasteiger partial charge in [0.25, 0.3) is 0 Å². The molecule has 4 rings (SSSR count). The van der Waals surface area contributed by atoms with Gasteiger partial charge in [-0.3, -0.25) is 10.6 Å². The highest BCUT2D eigenvalue weighted by molar-refractivity contribution is 7.22. The number of carbonyl (C=O) groups is 1. The van der Waals surface area contributed by atoms with Gasteiger partial charge in [-0.2, -0.15) is 0 Å². The van der Waals surface area contributed by atoms with Crippen LogP contribution in [0.25, 0.3) is 10.2 Å². The van der Waals surface area contributed by atoms with Gasteiger partial charge in [0.15, 0.2) is 16.6 Å². The lowest BCUT2D eigenvalue weighted by Gasteiger charge is -2.01. The molecule has 1 aliphatic rings. The Kier molecular flexibility index (Phi) is 2.90. The van der Waals surface area contributed by atoms with Crippen molar-refractivity contribution in [1.82, 2.24) is 4.98 Å². The van der Waals surface area contributed by atoms with Crippen molar-refractivity contribution in [2.45, 2.75) is 0 Å². The van der Waals surface area contributed by atoms with Crippen LogP contribution < -0.4 is 20.1 Å². The number of thiophene rings is 1. The van der Waals surface area contributed by atoms with Gasteiger partial charge in [0.2, 0.25) is 6.79 Å². The van der Waals surface area contributed by atoms with Crippen molar-refractivity contribution in [3.63, 3.8) is 0 Å². The van der Waals surface area contributed by atoms with E-state index in [4.69, 9.17) is 9.47 Å². The number of benzene rings is 1. The molecular formula is C13H9N3O3S2. The molecule has 0 saturated carbocycles. The monoisotopic (exact) mass is 319 g/mol. The summed E-state index contributed by atoms with van der Waals surface area (Å²) >= 11 is 2.85. The van der Waals surface area contributed by atoms with E-state index < -0.39 is 0 Å². The maximum absolute atomic E-state index is 11.9. The molecule has 0 radical (unpaired) electrons. The van der Waals surface area contributed by atoms with Crippen molar-refractivity contribution < 1.29 is 14.3 Å². The maximum Gasteiger partial charge on any atom is 0.326 e. The Hall–Kier alpha value is -2.32. The Morgan fingerprint density at radius 2 is 2.10 bits per heavy atom. The third-order valence-corrected chi connectivity index (χ3v) is 4.58. The summed E-state index contributed by atoms with van der Waals surface area (Å²) in [6.07, 6.45) is 0. The van der Waals surface area contributed by atoms with Crippen LogP contribution in [0.1, 0.15) is 0 Å². The molecule has 0 fully saturated rings. The van der Waals surface area contributed by atoms with Crippen LogP contribution in [0.3, 0.4) is 0 Å². The highest BCUT2D eigenvalue weighted by Gasteiger charge is 2.17. The fourth-order valence-corrected chi connectivity index (χ4v) is 3.45. The van der Waals surface area contributed by atoms with E-state index in [0.717, 1.165) is 15.2 Å². The number of ether oxygens (including phenoxy) is 2. The van der Waals surface area contributed by atoms with Crippen LogP contribution in [-0.2, 0) is 0 Å². The molecular weight excluding hydrogens is 310 g/mol. The molecule has 0 atom stereocenters. The molecule has 2 N–H and O–H groups in total. The normalized spacial score (nSPS) is 12.6. The lowest BCUT2D eigenvalue weighted by atomic mass is 10.3. The number of anilines is 2. The number of amides is 2. The number of urea groups is 1. The van der Waals surface area contributed by atoms with Gasteiger partial charge in [-0.1, -0.05) is 11.3 Å². The number of rotatable bonds is 2. The number of nitrogens with zero attached hydrogens (tertiary/aromatic N) is 1. The lowest BCUT2D eigenvalue weighted by molar-refractivity contribution is 0.174. The van der Waals surface area contributed by atoms with E-state index in [2.05, 4.69) is 15.6 Å². The van der Waals surface area contributed by atoms with Crippen molar-refractivity contribution in [3.05, 3.63) is 29.6 Å². The van der Waals surface area contributed by atoms with Gasteiger partial charge in [0.1, 0.15) is 0 Å². The van der Waals surface area contributed by atoms with E-state index in [-0.39, 0.29) is 12.8 Å². The minimum absolute atomic E-state index is 0.237. The summed E-state index contributed by atoms with van der Waals surface area (Å²) in [6.45, 7) is 0.237. The minimum atomic E-state index is -0.309. The van der Waals surface area contributed by atoms with Gasteiger partial charge in [0.05, 0.1) is 15.2 Å². The van der Waals surface area contributed by atoms with Crippen molar-refractivity contribution >= 4 is 49.1 Å². The smallest absolute Gasteiger partial charge is 0.326 e. The van der Waals surface area contributed by atoms with Crippen molar-refractivity contribution in [2.75, 3.05) is 17.4 Å². The van der Waals surface area contributed by atoms with E-state index >= 15 is 0 Å². The fraction of sp³-hybridized carbons (Fsp3) is 0.0769. The second-order valence-corrected chi connectivity index (χ2v) is 6.23. The molecule has 2 aromatic heterocycles. The highest BCUT2D eigenvalue weighted by atomic mass is 32.1. The first-order valence-electron chi connectivity index (χ1n) is 6.10. The van der Waals surface area contributed by atoms with Gasteiger partial charge in [-0.15, -0.1) is 11.3 Å². The molecule has 3 heterocycles. The molecule has 0 spiro atoms. The molecule has 1 aliphatic heterocycles. The SMILES string of the molecule is O=C(Nc1cccs1)Nc1nc2cc3c(cc2s1)OCO3. The number of nitrogens with one attached hydrogen (secondary N) is 2. The molecule has 0 unspecified atom stereocenters. The minimum Gasteiger partial charge on any atom is -0.454 e. The molecule has 3 aromatic rings.